The van der Waals surface area contributed by atoms with E-state index in [0.29, 0.717) is 18.2 Å². The number of nitrogens with one attached hydrogen (secondary N) is 1. The Morgan fingerprint density at radius 2 is 2.06 bits per heavy atom. The third kappa shape index (κ3) is 4.67. The topological polar surface area (TPSA) is 72.7 Å². The van der Waals surface area contributed by atoms with E-state index in [1.54, 1.807) is 0 Å². The van der Waals surface area contributed by atoms with Crippen molar-refractivity contribution < 1.29 is 13.2 Å². The number of thioether (sulfide) groups is 1. The van der Waals surface area contributed by atoms with E-state index in [1.165, 1.54) is 9.95 Å². The Bertz CT molecular complexity index is 1460. The van der Waals surface area contributed by atoms with Gasteiger partial charge in [0.2, 0.25) is 0 Å². The van der Waals surface area contributed by atoms with Crippen molar-refractivity contribution >= 4 is 57.9 Å². The van der Waals surface area contributed by atoms with Crippen LogP contribution in [0.5, 0.6) is 0 Å². The molecule has 3 aromatic heterocycles. The first-order valence-electron chi connectivity index (χ1n) is 9.81. The average molecular weight is 515 g/mol. The Labute approximate surface area is 200 Å². The van der Waals surface area contributed by atoms with Crippen LogP contribution < -0.4 is 11.2 Å². The van der Waals surface area contributed by atoms with Gasteiger partial charge in [-0.1, -0.05) is 11.6 Å². The third-order valence-corrected chi connectivity index (χ3v) is 7.66. The van der Waals surface area contributed by atoms with E-state index in [2.05, 4.69) is 34.7 Å². The van der Waals surface area contributed by atoms with Crippen molar-refractivity contribution in [3.05, 3.63) is 68.1 Å². The minimum Gasteiger partial charge on any atom is -0.336 e. The van der Waals surface area contributed by atoms with Crippen LogP contribution in [-0.4, -0.2) is 30.1 Å². The van der Waals surface area contributed by atoms with Gasteiger partial charge in [-0.25, -0.2) is 9.78 Å². The average Bonchev–Trinajstić information content (AvgIpc) is 3.12. The summed E-state index contributed by atoms with van der Waals surface area (Å²) in [5.74, 6) is 0.431. The van der Waals surface area contributed by atoms with Crippen molar-refractivity contribution in [2.75, 3.05) is 5.75 Å². The molecular formula is C21H18ClF3N4O2S2. The molecule has 0 spiro atoms. The van der Waals surface area contributed by atoms with E-state index in [1.807, 2.05) is 30.1 Å². The predicted molar refractivity (Wildman–Crippen MR) is 128 cm³/mol. The highest BCUT2D eigenvalue weighted by molar-refractivity contribution is 8.00. The van der Waals surface area contributed by atoms with Gasteiger partial charge in [0.05, 0.1) is 26.4 Å². The molecule has 0 saturated heterocycles. The van der Waals surface area contributed by atoms with Gasteiger partial charge in [-0.05, 0) is 30.7 Å². The third-order valence-electron chi connectivity index (χ3n) is 5.21. The van der Waals surface area contributed by atoms with Crippen LogP contribution in [0.1, 0.15) is 12.0 Å². The summed E-state index contributed by atoms with van der Waals surface area (Å²) < 4.78 is 42.8. The Morgan fingerprint density at radius 3 is 2.76 bits per heavy atom. The fourth-order valence-corrected chi connectivity index (χ4v) is 5.46. The number of halogens is 4. The van der Waals surface area contributed by atoms with Crippen LogP contribution in [0.4, 0.5) is 13.2 Å². The second-order valence-corrected chi connectivity index (χ2v) is 9.61. The van der Waals surface area contributed by atoms with Gasteiger partial charge in [-0.3, -0.25) is 14.3 Å². The fourth-order valence-electron chi connectivity index (χ4n) is 3.59. The number of hydrogen-bond donors (Lipinski definition) is 2. The van der Waals surface area contributed by atoms with Gasteiger partial charge in [-0.15, -0.1) is 11.8 Å². The molecule has 1 aliphatic rings. The highest BCUT2D eigenvalue weighted by atomic mass is 35.5. The summed E-state index contributed by atoms with van der Waals surface area (Å²) in [6.07, 6.45) is -0.326. The molecule has 0 saturated carbocycles. The lowest BCUT2D eigenvalue weighted by Crippen LogP contribution is -2.32. The van der Waals surface area contributed by atoms with Gasteiger partial charge in [-0.2, -0.15) is 25.8 Å². The standard InChI is InChI=1S/C13H10ClF3N2O2S2.C8H8N2/c14-8-7(13(15,16)17)3-6-9-10(8)23-4-5(22)1-2-19(9)12(21)18-11(6)20;1-10-6-4-7-3-2-5-9-8(7)10/h3,5,22H,1-2,4H2,(H,18,20,21);2-6H,1H3. The quantitative estimate of drug-likeness (QED) is 0.333. The second kappa shape index (κ2) is 9.11. The van der Waals surface area contributed by atoms with Crippen molar-refractivity contribution in [1.82, 2.24) is 19.1 Å². The maximum absolute atomic E-state index is 13.2. The van der Waals surface area contributed by atoms with Gasteiger partial charge in [0.15, 0.2) is 0 Å². The number of pyridine rings is 1. The highest BCUT2D eigenvalue weighted by Gasteiger charge is 2.36. The molecule has 5 rings (SSSR count). The number of nitrogens with zero attached hydrogens (tertiary/aromatic N) is 3. The van der Waals surface area contributed by atoms with Crippen LogP contribution in [-0.2, 0) is 19.8 Å². The summed E-state index contributed by atoms with van der Waals surface area (Å²) >= 11 is 11.4. The summed E-state index contributed by atoms with van der Waals surface area (Å²) in [6.45, 7) is 0.246. The van der Waals surface area contributed by atoms with Crippen LogP contribution in [0.15, 0.2) is 51.1 Å². The van der Waals surface area contributed by atoms with Crippen LogP contribution in [0.3, 0.4) is 0 Å². The Morgan fingerprint density at radius 1 is 1.30 bits per heavy atom. The number of aryl methyl sites for hydroxylation is 2. The smallest absolute Gasteiger partial charge is 0.336 e. The molecule has 174 valence electrons. The maximum atomic E-state index is 13.2. The summed E-state index contributed by atoms with van der Waals surface area (Å²) in [4.78, 5) is 30.4. The fraction of sp³-hybridized carbons (Fsp3) is 0.286. The molecule has 4 heterocycles. The molecule has 0 aliphatic carbocycles. The van der Waals surface area contributed by atoms with Gasteiger partial charge in [0.25, 0.3) is 5.56 Å². The Hall–Kier alpha value is -2.37. The molecule has 6 nitrogen and oxygen atoms in total. The SMILES string of the molecule is Cn1ccc2cccnc21.O=c1[nH]c(=O)n2c3c(c(Cl)c(C(F)(F)F)cc13)SCC(S)CC2. The molecule has 1 aromatic carbocycles. The zero-order chi connectivity index (χ0) is 23.9. The Balaban J connectivity index is 0.000000214. The lowest BCUT2D eigenvalue weighted by Gasteiger charge is -2.22. The van der Waals surface area contributed by atoms with Crippen molar-refractivity contribution in [3.8, 4) is 0 Å². The molecule has 33 heavy (non-hydrogen) atoms. The van der Waals surface area contributed by atoms with Gasteiger partial charge >= 0.3 is 11.9 Å². The number of aromatic amines is 1. The molecule has 0 radical (unpaired) electrons. The molecule has 0 fully saturated rings. The zero-order valence-electron chi connectivity index (χ0n) is 17.2. The van der Waals surface area contributed by atoms with Gasteiger partial charge in [0, 0.05) is 42.4 Å². The molecule has 0 bridgehead atoms. The van der Waals surface area contributed by atoms with Crippen molar-refractivity contribution in [3.63, 3.8) is 0 Å². The van der Waals surface area contributed by atoms with E-state index in [-0.39, 0.29) is 27.6 Å². The lowest BCUT2D eigenvalue weighted by atomic mass is 10.1. The van der Waals surface area contributed by atoms with E-state index in [0.717, 1.165) is 17.4 Å². The largest absolute Gasteiger partial charge is 0.417 e. The molecule has 1 atom stereocenters. The molecule has 12 heteroatoms. The summed E-state index contributed by atoms with van der Waals surface area (Å²) in [5, 5.41) is 0.412. The summed E-state index contributed by atoms with van der Waals surface area (Å²) in [5.41, 5.74) is -1.40. The zero-order valence-corrected chi connectivity index (χ0v) is 19.7. The first-order valence-corrected chi connectivity index (χ1v) is 11.7. The summed E-state index contributed by atoms with van der Waals surface area (Å²) in [6, 6.07) is 6.77. The summed E-state index contributed by atoms with van der Waals surface area (Å²) in [7, 11) is 2.00. The van der Waals surface area contributed by atoms with E-state index in [4.69, 9.17) is 11.6 Å². The van der Waals surface area contributed by atoms with E-state index < -0.39 is 28.0 Å². The van der Waals surface area contributed by atoms with E-state index >= 15 is 0 Å². The number of H-pyrrole nitrogens is 1. The number of alkyl halides is 3. The van der Waals surface area contributed by atoms with Gasteiger partial charge in [0.1, 0.15) is 5.65 Å². The number of rotatable bonds is 0. The molecular weight excluding hydrogens is 497 g/mol. The first-order chi connectivity index (χ1) is 15.6. The first kappa shape index (κ1) is 23.8. The molecule has 1 unspecified atom stereocenters. The predicted octanol–water partition coefficient (Wildman–Crippen LogP) is 4.73. The second-order valence-electron chi connectivity index (χ2n) is 7.47. The number of thiol groups is 1. The van der Waals surface area contributed by atoms with Crippen LogP contribution in [0.25, 0.3) is 21.9 Å². The maximum Gasteiger partial charge on any atom is 0.417 e. The highest BCUT2D eigenvalue weighted by Crippen LogP contribution is 2.43. The van der Waals surface area contributed by atoms with E-state index in [9.17, 15) is 22.8 Å². The molecule has 1 aliphatic heterocycles. The van der Waals surface area contributed by atoms with Crippen molar-refractivity contribution in [2.24, 2.45) is 7.05 Å². The molecule has 0 amide bonds. The number of fused-ring (bicyclic) bond motifs is 1. The van der Waals surface area contributed by atoms with Crippen molar-refractivity contribution in [1.29, 1.82) is 0 Å². The number of hydrogen-bond acceptors (Lipinski definition) is 5. The molecule has 4 aromatic rings. The van der Waals surface area contributed by atoms with Crippen LogP contribution >= 0.6 is 36.0 Å². The van der Waals surface area contributed by atoms with Crippen LogP contribution in [0, 0.1) is 0 Å². The Kier molecular flexibility index (Phi) is 6.56. The molecule has 1 N–H and O–H groups in total. The number of benzene rings is 1. The van der Waals surface area contributed by atoms with Crippen molar-refractivity contribution in [2.45, 2.75) is 29.3 Å². The normalized spacial score (nSPS) is 16.2. The number of aromatic nitrogens is 4. The monoisotopic (exact) mass is 514 g/mol. The minimum absolute atomic E-state index is 0.0958. The minimum atomic E-state index is -4.70. The van der Waals surface area contributed by atoms with Gasteiger partial charge < -0.3 is 4.57 Å². The van der Waals surface area contributed by atoms with Crippen LogP contribution in [0.2, 0.25) is 5.02 Å². The lowest BCUT2D eigenvalue weighted by molar-refractivity contribution is -0.137.